The zero-order chi connectivity index (χ0) is 11.7. The summed E-state index contributed by atoms with van der Waals surface area (Å²) in [7, 11) is 0. The van der Waals surface area contributed by atoms with E-state index in [9.17, 15) is 9.59 Å². The van der Waals surface area contributed by atoms with Crippen molar-refractivity contribution in [2.75, 3.05) is 6.54 Å². The van der Waals surface area contributed by atoms with Gasteiger partial charge >= 0.3 is 0 Å². The highest BCUT2D eigenvalue weighted by Crippen LogP contribution is 2.20. The molecule has 1 N–H and O–H groups in total. The molecule has 4 heteroatoms. The summed E-state index contributed by atoms with van der Waals surface area (Å²) >= 11 is 0. The molecule has 0 aliphatic carbocycles. The van der Waals surface area contributed by atoms with Gasteiger partial charge in [0.2, 0.25) is 6.41 Å². The lowest BCUT2D eigenvalue weighted by Gasteiger charge is -2.20. The Balaban J connectivity index is 4.05. The van der Waals surface area contributed by atoms with E-state index in [4.69, 9.17) is 5.21 Å². The first kappa shape index (κ1) is 14.1. The molecule has 0 fully saturated rings. The molecule has 0 saturated carbocycles. The van der Waals surface area contributed by atoms with Crippen LogP contribution in [-0.2, 0) is 9.59 Å². The van der Waals surface area contributed by atoms with E-state index in [1.54, 1.807) is 0 Å². The normalized spacial score (nSPS) is 14.3. The van der Waals surface area contributed by atoms with Crippen LogP contribution < -0.4 is 0 Å². The molecule has 1 amide bonds. The first-order chi connectivity index (χ1) is 7.17. The molecule has 0 radical (unpaired) electrons. The predicted octanol–water partition coefficient (Wildman–Crippen LogP) is 1.87. The summed E-state index contributed by atoms with van der Waals surface area (Å²) in [5.41, 5.74) is 0. The Labute approximate surface area is 91.2 Å². The van der Waals surface area contributed by atoms with Crippen LogP contribution in [0.3, 0.4) is 0 Å². The lowest BCUT2D eigenvalue weighted by atomic mass is 9.90. The molecule has 88 valence electrons. The van der Waals surface area contributed by atoms with E-state index in [2.05, 4.69) is 13.8 Å². The summed E-state index contributed by atoms with van der Waals surface area (Å²) in [5, 5.41) is 9.52. The van der Waals surface area contributed by atoms with Gasteiger partial charge in [0.25, 0.3) is 0 Å². The molecule has 0 aromatic carbocycles. The van der Waals surface area contributed by atoms with Crippen LogP contribution in [0, 0.1) is 11.8 Å². The van der Waals surface area contributed by atoms with Crippen molar-refractivity contribution >= 4 is 12.7 Å². The number of carbonyl (C=O) groups excluding carboxylic acids is 2. The van der Waals surface area contributed by atoms with Crippen LogP contribution >= 0.6 is 0 Å². The molecule has 0 heterocycles. The van der Waals surface area contributed by atoms with Gasteiger partial charge in [0.1, 0.15) is 6.29 Å². The van der Waals surface area contributed by atoms with Crippen molar-refractivity contribution in [2.24, 2.45) is 11.8 Å². The van der Waals surface area contributed by atoms with E-state index in [0.717, 1.165) is 32.0 Å². The Hall–Kier alpha value is -0.900. The summed E-state index contributed by atoms with van der Waals surface area (Å²) in [6.45, 7) is 4.31. The van der Waals surface area contributed by atoms with Gasteiger partial charge in [0.05, 0.1) is 6.54 Å². The first-order valence-corrected chi connectivity index (χ1v) is 5.53. The van der Waals surface area contributed by atoms with E-state index in [0.29, 0.717) is 17.4 Å². The lowest BCUT2D eigenvalue weighted by Crippen LogP contribution is -2.27. The molecule has 2 unspecified atom stereocenters. The summed E-state index contributed by atoms with van der Waals surface area (Å²) < 4.78 is 0. The number of hydrogen-bond acceptors (Lipinski definition) is 3. The average Bonchev–Trinajstić information content (AvgIpc) is 2.26. The van der Waals surface area contributed by atoms with Crippen molar-refractivity contribution in [3.8, 4) is 0 Å². The molecule has 2 atom stereocenters. The van der Waals surface area contributed by atoms with E-state index >= 15 is 0 Å². The standard InChI is InChI=1S/C11H21NO3/c1-3-5-10(4-2)6-11(8-13)7-12(15)9-14/h8-11,15H,3-7H2,1-2H3. The molecule has 0 aromatic rings. The van der Waals surface area contributed by atoms with Crippen molar-refractivity contribution in [1.82, 2.24) is 5.06 Å². The van der Waals surface area contributed by atoms with Gasteiger partial charge in [-0.05, 0) is 12.3 Å². The largest absolute Gasteiger partial charge is 0.303 e. The third-order valence-corrected chi connectivity index (χ3v) is 2.65. The number of hydrogen-bond donors (Lipinski definition) is 1. The fourth-order valence-electron chi connectivity index (χ4n) is 1.78. The van der Waals surface area contributed by atoms with Crippen molar-refractivity contribution in [2.45, 2.75) is 39.5 Å². The molecule has 4 nitrogen and oxygen atoms in total. The fraction of sp³-hybridized carbons (Fsp3) is 0.818. The SMILES string of the molecule is CCCC(CC)CC(C=O)CN(O)C=O. The molecule has 0 aromatic heterocycles. The van der Waals surface area contributed by atoms with Crippen LogP contribution in [0.2, 0.25) is 0 Å². The van der Waals surface area contributed by atoms with Crippen LogP contribution in [0.1, 0.15) is 39.5 Å². The van der Waals surface area contributed by atoms with E-state index in [1.807, 2.05) is 0 Å². The predicted molar refractivity (Wildman–Crippen MR) is 57.4 cm³/mol. The first-order valence-electron chi connectivity index (χ1n) is 5.53. The second-order valence-corrected chi connectivity index (χ2v) is 3.92. The Kier molecular flexibility index (Phi) is 7.91. The fourth-order valence-corrected chi connectivity index (χ4v) is 1.78. The minimum atomic E-state index is -0.253. The number of amides is 1. The average molecular weight is 215 g/mol. The maximum atomic E-state index is 10.8. The van der Waals surface area contributed by atoms with Crippen molar-refractivity contribution in [3.05, 3.63) is 0 Å². The Morgan fingerprint density at radius 1 is 1.33 bits per heavy atom. The second kappa shape index (κ2) is 8.41. The van der Waals surface area contributed by atoms with Gasteiger partial charge in [-0.1, -0.05) is 33.1 Å². The zero-order valence-electron chi connectivity index (χ0n) is 9.56. The maximum Gasteiger partial charge on any atom is 0.233 e. The minimum absolute atomic E-state index is 0.104. The molecule has 0 saturated heterocycles. The minimum Gasteiger partial charge on any atom is -0.303 e. The van der Waals surface area contributed by atoms with E-state index < -0.39 is 0 Å². The molecule has 0 aliphatic rings. The Morgan fingerprint density at radius 3 is 2.40 bits per heavy atom. The zero-order valence-corrected chi connectivity index (χ0v) is 9.56. The van der Waals surface area contributed by atoms with Crippen LogP contribution in [0.15, 0.2) is 0 Å². The van der Waals surface area contributed by atoms with Gasteiger partial charge in [-0.2, -0.15) is 0 Å². The van der Waals surface area contributed by atoms with Gasteiger partial charge in [0.15, 0.2) is 0 Å². The molecular formula is C11H21NO3. The van der Waals surface area contributed by atoms with Crippen LogP contribution in [0.5, 0.6) is 0 Å². The molecule has 0 spiro atoms. The van der Waals surface area contributed by atoms with Gasteiger partial charge < -0.3 is 4.79 Å². The van der Waals surface area contributed by atoms with Crippen molar-refractivity contribution < 1.29 is 14.8 Å². The second-order valence-electron chi connectivity index (χ2n) is 3.92. The van der Waals surface area contributed by atoms with Gasteiger partial charge in [-0.25, -0.2) is 5.06 Å². The quantitative estimate of drug-likeness (QED) is 0.363. The Morgan fingerprint density at radius 2 is 2.00 bits per heavy atom. The van der Waals surface area contributed by atoms with Gasteiger partial charge in [-0.3, -0.25) is 10.0 Å². The van der Waals surface area contributed by atoms with Crippen molar-refractivity contribution in [3.63, 3.8) is 0 Å². The van der Waals surface area contributed by atoms with Gasteiger partial charge in [0, 0.05) is 5.92 Å². The topological polar surface area (TPSA) is 57.6 Å². The third-order valence-electron chi connectivity index (χ3n) is 2.65. The van der Waals surface area contributed by atoms with E-state index in [-0.39, 0.29) is 12.5 Å². The number of aldehydes is 1. The highest BCUT2D eigenvalue weighted by molar-refractivity contribution is 5.55. The molecule has 0 bridgehead atoms. The number of rotatable bonds is 9. The lowest BCUT2D eigenvalue weighted by molar-refractivity contribution is -0.153. The summed E-state index contributed by atoms with van der Waals surface area (Å²) in [4.78, 5) is 21.0. The number of nitrogens with zero attached hydrogens (tertiary/aromatic N) is 1. The van der Waals surface area contributed by atoms with Crippen molar-refractivity contribution in [1.29, 1.82) is 0 Å². The van der Waals surface area contributed by atoms with Gasteiger partial charge in [-0.15, -0.1) is 0 Å². The summed E-state index contributed by atoms with van der Waals surface area (Å²) in [5.74, 6) is 0.252. The number of carbonyl (C=O) groups is 2. The summed E-state index contributed by atoms with van der Waals surface area (Å²) in [6, 6.07) is 0. The molecular weight excluding hydrogens is 194 g/mol. The maximum absolute atomic E-state index is 10.8. The molecule has 0 aliphatic heterocycles. The van der Waals surface area contributed by atoms with E-state index in [1.165, 1.54) is 0 Å². The van der Waals surface area contributed by atoms with Crippen LogP contribution in [0.4, 0.5) is 0 Å². The van der Waals surface area contributed by atoms with Crippen LogP contribution in [0.25, 0.3) is 0 Å². The highest BCUT2D eigenvalue weighted by atomic mass is 16.5. The third kappa shape index (κ3) is 6.23. The highest BCUT2D eigenvalue weighted by Gasteiger charge is 2.16. The Bertz CT molecular complexity index is 185. The smallest absolute Gasteiger partial charge is 0.233 e. The molecule has 0 rings (SSSR count). The summed E-state index contributed by atoms with van der Waals surface area (Å²) in [6.07, 6.45) is 5.12. The monoisotopic (exact) mass is 215 g/mol. The number of hydroxylamine groups is 2. The van der Waals surface area contributed by atoms with Crippen LogP contribution in [-0.4, -0.2) is 29.5 Å². The molecule has 15 heavy (non-hydrogen) atoms.